The van der Waals surface area contributed by atoms with Crippen molar-refractivity contribution in [3.63, 3.8) is 0 Å². The molecule has 0 N–H and O–H groups in total. The number of nitro groups is 1. The van der Waals surface area contributed by atoms with Gasteiger partial charge < -0.3 is 23.8 Å². The third kappa shape index (κ3) is 5.35. The van der Waals surface area contributed by atoms with Gasteiger partial charge in [0.2, 0.25) is 0 Å². The first-order valence-corrected chi connectivity index (χ1v) is 11.6. The molecule has 1 aliphatic heterocycles. The number of benzene rings is 3. The Bertz CT molecular complexity index is 1210. The first kappa shape index (κ1) is 24.8. The molecule has 3 aromatic rings. The van der Waals surface area contributed by atoms with Gasteiger partial charge in [-0.15, -0.1) is 0 Å². The molecule has 9 nitrogen and oxygen atoms in total. The molecule has 188 valence electrons. The Morgan fingerprint density at radius 1 is 1.03 bits per heavy atom. The molecule has 0 fully saturated rings. The topological polar surface area (TPSA) is 100 Å². The second-order valence-corrected chi connectivity index (χ2v) is 8.34. The van der Waals surface area contributed by atoms with Crippen molar-refractivity contribution in [1.82, 2.24) is 4.90 Å². The molecular formula is C27H28N2O7. The van der Waals surface area contributed by atoms with Crippen LogP contribution in [0.1, 0.15) is 24.1 Å². The predicted octanol–water partition coefficient (Wildman–Crippen LogP) is 4.58. The molecule has 36 heavy (non-hydrogen) atoms. The van der Waals surface area contributed by atoms with Gasteiger partial charge in [-0.05, 0) is 60.9 Å². The summed E-state index contributed by atoms with van der Waals surface area (Å²) in [4.78, 5) is 25.8. The van der Waals surface area contributed by atoms with Crippen LogP contribution < -0.4 is 18.9 Å². The summed E-state index contributed by atoms with van der Waals surface area (Å²) in [5, 5.41) is 11.0. The van der Waals surface area contributed by atoms with E-state index in [4.69, 9.17) is 18.9 Å². The summed E-state index contributed by atoms with van der Waals surface area (Å²) in [5.74, 6) is 2.08. The van der Waals surface area contributed by atoms with Crippen molar-refractivity contribution in [2.24, 2.45) is 0 Å². The Balaban J connectivity index is 1.62. The minimum Gasteiger partial charge on any atom is -0.493 e. The number of methoxy groups -OCH3 is 2. The highest BCUT2D eigenvalue weighted by Crippen LogP contribution is 2.39. The van der Waals surface area contributed by atoms with E-state index in [1.165, 1.54) is 12.1 Å². The average Bonchev–Trinajstić information content (AvgIpc) is 2.91. The van der Waals surface area contributed by atoms with Gasteiger partial charge in [0.1, 0.15) is 18.1 Å². The number of carbonyl (C=O) groups is 1. The van der Waals surface area contributed by atoms with Crippen LogP contribution in [0.25, 0.3) is 0 Å². The molecule has 3 aromatic carbocycles. The number of amides is 1. The van der Waals surface area contributed by atoms with Gasteiger partial charge in [-0.3, -0.25) is 14.9 Å². The van der Waals surface area contributed by atoms with Crippen molar-refractivity contribution in [2.75, 3.05) is 27.4 Å². The van der Waals surface area contributed by atoms with E-state index in [9.17, 15) is 14.9 Å². The Morgan fingerprint density at radius 3 is 2.33 bits per heavy atom. The van der Waals surface area contributed by atoms with E-state index < -0.39 is 17.1 Å². The standard InChI is InChI=1S/C27H28N2O7/c1-18(36-22-7-5-4-6-8-22)27(30)28-14-13-19-15-25(33-2)26(34-3)16-23(19)24(28)17-35-21-11-9-20(10-12-21)29(31)32/h4-12,15-16,18,24H,13-14,17H2,1-3H3/t18-,24-/m1/s1. The zero-order chi connectivity index (χ0) is 25.7. The van der Waals surface area contributed by atoms with E-state index in [1.54, 1.807) is 38.2 Å². The molecule has 2 atom stereocenters. The van der Waals surface area contributed by atoms with Gasteiger partial charge >= 0.3 is 0 Å². The molecular weight excluding hydrogens is 464 g/mol. The minimum atomic E-state index is -0.712. The Labute approximate surface area is 209 Å². The van der Waals surface area contributed by atoms with E-state index in [1.807, 2.05) is 42.5 Å². The number of rotatable bonds is 9. The van der Waals surface area contributed by atoms with Crippen LogP contribution >= 0.6 is 0 Å². The van der Waals surface area contributed by atoms with Gasteiger partial charge in [0.15, 0.2) is 17.6 Å². The van der Waals surface area contributed by atoms with Crippen molar-refractivity contribution in [3.8, 4) is 23.0 Å². The van der Waals surface area contributed by atoms with Gasteiger partial charge in [-0.25, -0.2) is 0 Å². The number of nitro benzene ring substituents is 1. The number of para-hydroxylation sites is 1. The van der Waals surface area contributed by atoms with Crippen LogP contribution in [0, 0.1) is 10.1 Å². The molecule has 0 aliphatic carbocycles. The van der Waals surface area contributed by atoms with Crippen LogP contribution in [0.5, 0.6) is 23.0 Å². The number of nitrogens with zero attached hydrogens (tertiary/aromatic N) is 2. The van der Waals surface area contributed by atoms with Gasteiger partial charge in [-0.1, -0.05) is 18.2 Å². The van der Waals surface area contributed by atoms with Gasteiger partial charge in [0.05, 0.1) is 25.2 Å². The number of hydrogen-bond acceptors (Lipinski definition) is 7. The molecule has 9 heteroatoms. The molecule has 0 aromatic heterocycles. The predicted molar refractivity (Wildman–Crippen MR) is 133 cm³/mol. The summed E-state index contributed by atoms with van der Waals surface area (Å²) in [6.07, 6.45) is -0.0796. The summed E-state index contributed by atoms with van der Waals surface area (Å²) in [6, 6.07) is 18.4. The number of hydrogen-bond donors (Lipinski definition) is 0. The molecule has 0 saturated heterocycles. The summed E-state index contributed by atoms with van der Waals surface area (Å²) in [7, 11) is 3.15. The number of carbonyl (C=O) groups excluding carboxylic acids is 1. The van der Waals surface area contributed by atoms with E-state index in [0.29, 0.717) is 36.0 Å². The zero-order valence-electron chi connectivity index (χ0n) is 20.4. The molecule has 1 amide bonds. The molecule has 0 bridgehead atoms. The molecule has 4 rings (SSSR count). The number of fused-ring (bicyclic) bond motifs is 1. The summed E-state index contributed by atoms with van der Waals surface area (Å²) in [5.41, 5.74) is 1.90. The first-order chi connectivity index (χ1) is 17.4. The van der Waals surface area contributed by atoms with Crippen LogP contribution in [-0.2, 0) is 11.2 Å². The Hall–Kier alpha value is -4.27. The summed E-state index contributed by atoms with van der Waals surface area (Å²) < 4.78 is 22.9. The van der Waals surface area contributed by atoms with Crippen LogP contribution in [0.3, 0.4) is 0 Å². The van der Waals surface area contributed by atoms with Crippen LogP contribution in [0.2, 0.25) is 0 Å². The SMILES string of the molecule is COc1cc2c(cc1OC)[C@@H](COc1ccc([N+](=O)[O-])cc1)N(C(=O)[C@@H](C)Oc1ccccc1)CC2. The Kier molecular flexibility index (Phi) is 7.58. The van der Waals surface area contributed by atoms with Crippen molar-refractivity contribution < 1.29 is 28.7 Å². The molecule has 1 aliphatic rings. The van der Waals surface area contributed by atoms with Crippen LogP contribution in [-0.4, -0.2) is 49.2 Å². The highest BCUT2D eigenvalue weighted by molar-refractivity contribution is 5.82. The molecule has 0 saturated carbocycles. The first-order valence-electron chi connectivity index (χ1n) is 11.6. The highest BCUT2D eigenvalue weighted by Gasteiger charge is 2.35. The lowest BCUT2D eigenvalue weighted by Crippen LogP contribution is -2.47. The molecule has 0 unspecified atom stereocenters. The number of non-ortho nitro benzene ring substituents is 1. The maximum atomic E-state index is 13.5. The van der Waals surface area contributed by atoms with E-state index >= 15 is 0 Å². The van der Waals surface area contributed by atoms with Gasteiger partial charge in [0, 0.05) is 18.7 Å². The third-order valence-electron chi connectivity index (χ3n) is 6.14. The lowest BCUT2D eigenvalue weighted by molar-refractivity contribution is -0.384. The summed E-state index contributed by atoms with van der Waals surface area (Å²) >= 11 is 0. The van der Waals surface area contributed by atoms with Gasteiger partial charge in [-0.2, -0.15) is 0 Å². The molecule has 0 spiro atoms. The maximum absolute atomic E-state index is 13.5. The fraction of sp³-hybridized carbons (Fsp3) is 0.296. The van der Waals surface area contributed by atoms with E-state index in [2.05, 4.69) is 0 Å². The monoisotopic (exact) mass is 492 g/mol. The van der Waals surface area contributed by atoms with Gasteiger partial charge in [0.25, 0.3) is 11.6 Å². The number of ether oxygens (including phenoxy) is 4. The van der Waals surface area contributed by atoms with E-state index in [-0.39, 0.29) is 18.2 Å². The lowest BCUT2D eigenvalue weighted by atomic mass is 9.91. The second kappa shape index (κ2) is 11.0. The molecule has 0 radical (unpaired) electrons. The van der Waals surface area contributed by atoms with Crippen LogP contribution in [0.15, 0.2) is 66.7 Å². The minimum absolute atomic E-state index is 0.0223. The maximum Gasteiger partial charge on any atom is 0.269 e. The Morgan fingerprint density at radius 2 is 1.69 bits per heavy atom. The van der Waals surface area contributed by atoms with Crippen molar-refractivity contribution in [3.05, 3.63) is 88.0 Å². The van der Waals surface area contributed by atoms with E-state index in [0.717, 1.165) is 11.1 Å². The van der Waals surface area contributed by atoms with Crippen molar-refractivity contribution in [2.45, 2.75) is 25.5 Å². The van der Waals surface area contributed by atoms with Crippen molar-refractivity contribution in [1.29, 1.82) is 0 Å². The summed E-state index contributed by atoms with van der Waals surface area (Å²) in [6.45, 7) is 2.34. The zero-order valence-corrected chi connectivity index (χ0v) is 20.4. The normalized spacial score (nSPS) is 15.4. The third-order valence-corrected chi connectivity index (χ3v) is 6.14. The fourth-order valence-corrected chi connectivity index (χ4v) is 4.30. The second-order valence-electron chi connectivity index (χ2n) is 8.34. The van der Waals surface area contributed by atoms with Crippen LogP contribution in [0.4, 0.5) is 5.69 Å². The largest absolute Gasteiger partial charge is 0.493 e. The van der Waals surface area contributed by atoms with Crippen molar-refractivity contribution >= 4 is 11.6 Å². The fourth-order valence-electron chi connectivity index (χ4n) is 4.30. The average molecular weight is 493 g/mol. The highest BCUT2D eigenvalue weighted by atomic mass is 16.6. The lowest BCUT2D eigenvalue weighted by Gasteiger charge is -2.38. The molecule has 1 heterocycles. The quantitative estimate of drug-likeness (QED) is 0.318. The smallest absolute Gasteiger partial charge is 0.269 e.